The van der Waals surface area contributed by atoms with Crippen LogP contribution in [0.15, 0.2) is 66.9 Å². The summed E-state index contributed by atoms with van der Waals surface area (Å²) in [4.78, 5) is 12.2. The summed E-state index contributed by atoms with van der Waals surface area (Å²) in [6, 6.07) is 16.9. The number of hydrogen-bond acceptors (Lipinski definition) is 2. The number of para-hydroxylation sites is 1. The lowest BCUT2D eigenvalue weighted by molar-refractivity contribution is 0.103. The van der Waals surface area contributed by atoms with Gasteiger partial charge in [-0.3, -0.25) is 4.79 Å². The van der Waals surface area contributed by atoms with Crippen LogP contribution < -0.4 is 0 Å². The van der Waals surface area contributed by atoms with Gasteiger partial charge in [0, 0.05) is 6.20 Å². The Balaban J connectivity index is 1.95. The second kappa shape index (κ2) is 5.09. The molecule has 98 valence electrons. The summed E-state index contributed by atoms with van der Waals surface area (Å²) >= 11 is 0. The minimum Gasteiger partial charge on any atom is -0.287 e. The molecule has 0 aliphatic rings. The fourth-order valence-corrected chi connectivity index (χ4v) is 1.95. The van der Waals surface area contributed by atoms with Gasteiger partial charge in [-0.15, -0.1) is 0 Å². The molecule has 4 heteroatoms. The Morgan fingerprint density at radius 3 is 2.40 bits per heavy atom. The summed E-state index contributed by atoms with van der Waals surface area (Å²) in [6.45, 7) is 0. The predicted octanol–water partition coefficient (Wildman–Crippen LogP) is 3.24. The Morgan fingerprint density at radius 1 is 0.950 bits per heavy atom. The molecule has 0 radical (unpaired) electrons. The Bertz CT molecular complexity index is 750. The highest BCUT2D eigenvalue weighted by Crippen LogP contribution is 2.13. The second-order valence-corrected chi connectivity index (χ2v) is 4.29. The predicted molar refractivity (Wildman–Crippen MR) is 73.4 cm³/mol. The quantitative estimate of drug-likeness (QED) is 0.682. The van der Waals surface area contributed by atoms with E-state index in [-0.39, 0.29) is 11.3 Å². The van der Waals surface area contributed by atoms with E-state index >= 15 is 0 Å². The number of hydrogen-bond donors (Lipinski definition) is 0. The highest BCUT2D eigenvalue weighted by molar-refractivity contribution is 6.07. The molecule has 2 aromatic carbocycles. The molecule has 20 heavy (non-hydrogen) atoms. The first-order valence-corrected chi connectivity index (χ1v) is 6.16. The van der Waals surface area contributed by atoms with E-state index < -0.39 is 11.6 Å². The third-order valence-electron chi connectivity index (χ3n) is 2.96. The maximum absolute atomic E-state index is 13.6. The normalized spacial score (nSPS) is 10.4. The molecule has 0 unspecified atom stereocenters. The van der Waals surface area contributed by atoms with Crippen molar-refractivity contribution < 1.29 is 9.18 Å². The molecule has 0 bridgehead atoms. The van der Waals surface area contributed by atoms with Crippen molar-refractivity contribution in [2.45, 2.75) is 0 Å². The number of nitrogens with zero attached hydrogens (tertiary/aromatic N) is 2. The molecule has 0 atom stereocenters. The van der Waals surface area contributed by atoms with Crippen molar-refractivity contribution in [1.82, 2.24) is 9.78 Å². The molecular formula is C16H11FN2O. The van der Waals surface area contributed by atoms with Gasteiger partial charge >= 0.3 is 0 Å². The average Bonchev–Trinajstić information content (AvgIpc) is 2.98. The van der Waals surface area contributed by atoms with Crippen LogP contribution >= 0.6 is 0 Å². The van der Waals surface area contributed by atoms with Gasteiger partial charge in [-0.2, -0.15) is 5.10 Å². The molecule has 0 aliphatic carbocycles. The van der Waals surface area contributed by atoms with Gasteiger partial charge in [0.05, 0.1) is 11.3 Å². The van der Waals surface area contributed by atoms with Crippen molar-refractivity contribution in [2.24, 2.45) is 0 Å². The summed E-state index contributed by atoms with van der Waals surface area (Å²) in [7, 11) is 0. The first kappa shape index (κ1) is 12.3. The molecule has 0 fully saturated rings. The summed E-state index contributed by atoms with van der Waals surface area (Å²) < 4.78 is 15.2. The van der Waals surface area contributed by atoms with Gasteiger partial charge in [0.2, 0.25) is 5.78 Å². The van der Waals surface area contributed by atoms with Crippen molar-refractivity contribution >= 4 is 5.78 Å². The molecule has 1 aromatic heterocycles. The second-order valence-electron chi connectivity index (χ2n) is 4.29. The molecule has 0 saturated heterocycles. The van der Waals surface area contributed by atoms with Crippen LogP contribution in [0, 0.1) is 5.82 Å². The minimum absolute atomic E-state index is 0.0332. The SMILES string of the molecule is O=C(c1ccn(-c2ccccc2)n1)c1ccccc1F. The fourth-order valence-electron chi connectivity index (χ4n) is 1.95. The summed E-state index contributed by atoms with van der Waals surface area (Å²) in [5, 5.41) is 4.20. The van der Waals surface area contributed by atoms with E-state index in [0.29, 0.717) is 0 Å². The molecule has 3 rings (SSSR count). The number of carbonyl (C=O) groups is 1. The zero-order valence-corrected chi connectivity index (χ0v) is 10.5. The zero-order valence-electron chi connectivity index (χ0n) is 10.5. The number of benzene rings is 2. The monoisotopic (exact) mass is 266 g/mol. The molecule has 3 aromatic rings. The van der Waals surface area contributed by atoms with Gasteiger partial charge in [-0.05, 0) is 30.3 Å². The summed E-state index contributed by atoms with van der Waals surface area (Å²) in [6.07, 6.45) is 1.68. The summed E-state index contributed by atoms with van der Waals surface area (Å²) in [5.41, 5.74) is 1.10. The molecule has 0 spiro atoms. The topological polar surface area (TPSA) is 34.9 Å². The molecule has 0 N–H and O–H groups in total. The van der Waals surface area contributed by atoms with Crippen molar-refractivity contribution in [3.63, 3.8) is 0 Å². The lowest BCUT2D eigenvalue weighted by Gasteiger charge is -2.01. The van der Waals surface area contributed by atoms with Crippen LogP contribution in [0.1, 0.15) is 16.1 Å². The van der Waals surface area contributed by atoms with Crippen molar-refractivity contribution in [2.75, 3.05) is 0 Å². The standard InChI is InChI=1S/C16H11FN2O/c17-14-9-5-4-8-13(14)16(20)15-10-11-19(18-15)12-6-2-1-3-7-12/h1-11H. The van der Waals surface area contributed by atoms with Gasteiger partial charge in [0.15, 0.2) is 0 Å². The lowest BCUT2D eigenvalue weighted by atomic mass is 10.1. The number of carbonyl (C=O) groups excluding carboxylic acids is 1. The molecule has 0 aliphatic heterocycles. The van der Waals surface area contributed by atoms with E-state index in [2.05, 4.69) is 5.10 Å². The van der Waals surface area contributed by atoms with Gasteiger partial charge in [-0.25, -0.2) is 9.07 Å². The molecular weight excluding hydrogens is 255 g/mol. The fraction of sp³-hybridized carbons (Fsp3) is 0. The van der Waals surface area contributed by atoms with Crippen LogP contribution in [0.25, 0.3) is 5.69 Å². The van der Waals surface area contributed by atoms with Gasteiger partial charge in [0.1, 0.15) is 11.5 Å². The third-order valence-corrected chi connectivity index (χ3v) is 2.96. The van der Waals surface area contributed by atoms with Crippen molar-refractivity contribution in [3.8, 4) is 5.69 Å². The van der Waals surface area contributed by atoms with E-state index in [1.54, 1.807) is 29.1 Å². The number of halogens is 1. The van der Waals surface area contributed by atoms with Crippen LogP contribution in [0.5, 0.6) is 0 Å². The lowest BCUT2D eigenvalue weighted by Crippen LogP contribution is -2.06. The number of ketones is 1. The summed E-state index contributed by atoms with van der Waals surface area (Å²) in [5.74, 6) is -0.954. The third kappa shape index (κ3) is 2.23. The first-order chi connectivity index (χ1) is 9.75. The molecule has 0 saturated carbocycles. The van der Waals surface area contributed by atoms with E-state index in [9.17, 15) is 9.18 Å². The van der Waals surface area contributed by atoms with E-state index in [1.807, 2.05) is 30.3 Å². The van der Waals surface area contributed by atoms with Crippen molar-refractivity contribution in [1.29, 1.82) is 0 Å². The first-order valence-electron chi connectivity index (χ1n) is 6.16. The molecule has 1 heterocycles. The van der Waals surface area contributed by atoms with Gasteiger partial charge in [-0.1, -0.05) is 30.3 Å². The van der Waals surface area contributed by atoms with Crippen LogP contribution in [0.3, 0.4) is 0 Å². The molecule has 3 nitrogen and oxygen atoms in total. The van der Waals surface area contributed by atoms with E-state index in [0.717, 1.165) is 5.69 Å². The maximum atomic E-state index is 13.6. The largest absolute Gasteiger partial charge is 0.287 e. The number of aromatic nitrogens is 2. The van der Waals surface area contributed by atoms with Gasteiger partial charge < -0.3 is 0 Å². The highest BCUT2D eigenvalue weighted by Gasteiger charge is 2.16. The van der Waals surface area contributed by atoms with Gasteiger partial charge in [0.25, 0.3) is 0 Å². The Labute approximate surface area is 115 Å². The van der Waals surface area contributed by atoms with Crippen LogP contribution in [0.4, 0.5) is 4.39 Å². The van der Waals surface area contributed by atoms with Crippen LogP contribution in [0.2, 0.25) is 0 Å². The Morgan fingerprint density at radius 2 is 1.65 bits per heavy atom. The van der Waals surface area contributed by atoms with E-state index in [1.165, 1.54) is 12.1 Å². The number of rotatable bonds is 3. The van der Waals surface area contributed by atoms with Crippen molar-refractivity contribution in [3.05, 3.63) is 83.9 Å². The highest BCUT2D eigenvalue weighted by atomic mass is 19.1. The van der Waals surface area contributed by atoms with Crippen LogP contribution in [-0.2, 0) is 0 Å². The molecule has 0 amide bonds. The average molecular weight is 266 g/mol. The minimum atomic E-state index is -0.535. The smallest absolute Gasteiger partial charge is 0.216 e. The zero-order chi connectivity index (χ0) is 13.9. The Kier molecular flexibility index (Phi) is 3.13. The van der Waals surface area contributed by atoms with E-state index in [4.69, 9.17) is 0 Å². The maximum Gasteiger partial charge on any atom is 0.216 e. The Hall–Kier alpha value is -2.75. The van der Waals surface area contributed by atoms with Crippen LogP contribution in [-0.4, -0.2) is 15.6 Å².